The molecular formula is C9H9BrO2. The molecule has 0 aliphatic heterocycles. The normalized spacial score (nSPS) is 11.3. The summed E-state index contributed by atoms with van der Waals surface area (Å²) in [5.41, 5.74) is 0.922. The average molecular weight is 229 g/mol. The second-order valence-electron chi connectivity index (χ2n) is 2.29. The van der Waals surface area contributed by atoms with Crippen molar-refractivity contribution in [2.75, 3.05) is 0 Å². The number of aliphatic hydroxyl groups excluding tert-OH is 1. The van der Waals surface area contributed by atoms with Gasteiger partial charge in [0.15, 0.2) is 6.29 Å². The molecular weight excluding hydrogens is 220 g/mol. The molecule has 0 aliphatic carbocycles. The molecule has 0 fully saturated rings. The minimum absolute atomic E-state index is 0.922. The summed E-state index contributed by atoms with van der Waals surface area (Å²) < 4.78 is 0.932. The molecule has 2 nitrogen and oxygen atoms in total. The van der Waals surface area contributed by atoms with Crippen molar-refractivity contribution in [3.05, 3.63) is 40.4 Å². The Morgan fingerprint density at radius 1 is 1.25 bits per heavy atom. The second-order valence-corrected chi connectivity index (χ2v) is 3.15. The summed E-state index contributed by atoms with van der Waals surface area (Å²) in [6.07, 6.45) is 1.56. The number of hydrogen-bond acceptors (Lipinski definition) is 2. The third-order valence-electron chi connectivity index (χ3n) is 1.35. The standard InChI is InChI=1S/C9H9BrO2/c10-8-4-2-1-3-7(8)5-6-9(11)12/h1-6,9,11-12H. The zero-order chi connectivity index (χ0) is 8.97. The minimum atomic E-state index is -1.39. The maximum atomic E-state index is 8.56. The molecule has 0 saturated heterocycles. The first kappa shape index (κ1) is 9.45. The number of aliphatic hydroxyl groups is 2. The molecule has 1 rings (SSSR count). The molecule has 0 saturated carbocycles. The van der Waals surface area contributed by atoms with Gasteiger partial charge in [0, 0.05) is 4.47 Å². The molecule has 64 valence electrons. The molecule has 0 aliphatic rings. The summed E-state index contributed by atoms with van der Waals surface area (Å²) in [6, 6.07) is 7.55. The Morgan fingerprint density at radius 2 is 1.92 bits per heavy atom. The van der Waals surface area contributed by atoms with Crippen molar-refractivity contribution >= 4 is 22.0 Å². The maximum absolute atomic E-state index is 8.56. The van der Waals surface area contributed by atoms with Crippen molar-refractivity contribution in [3.63, 3.8) is 0 Å². The van der Waals surface area contributed by atoms with Crippen LogP contribution < -0.4 is 0 Å². The lowest BCUT2D eigenvalue weighted by Crippen LogP contribution is -1.96. The van der Waals surface area contributed by atoms with Crippen molar-refractivity contribution in [3.8, 4) is 0 Å². The fourth-order valence-electron chi connectivity index (χ4n) is 0.800. The Labute approximate surface area is 79.3 Å². The Hall–Kier alpha value is -0.640. The van der Waals surface area contributed by atoms with E-state index in [-0.39, 0.29) is 0 Å². The van der Waals surface area contributed by atoms with Gasteiger partial charge in [-0.3, -0.25) is 0 Å². The van der Waals surface area contributed by atoms with E-state index in [1.54, 1.807) is 6.08 Å². The molecule has 12 heavy (non-hydrogen) atoms. The van der Waals surface area contributed by atoms with Gasteiger partial charge in [0.25, 0.3) is 0 Å². The van der Waals surface area contributed by atoms with Crippen molar-refractivity contribution in [2.24, 2.45) is 0 Å². The van der Waals surface area contributed by atoms with Gasteiger partial charge in [-0.25, -0.2) is 0 Å². The molecule has 0 heterocycles. The first-order valence-corrected chi connectivity index (χ1v) is 4.28. The van der Waals surface area contributed by atoms with Gasteiger partial charge in [-0.15, -0.1) is 0 Å². The highest BCUT2D eigenvalue weighted by atomic mass is 79.9. The summed E-state index contributed by atoms with van der Waals surface area (Å²) in [7, 11) is 0. The van der Waals surface area contributed by atoms with Crippen molar-refractivity contribution in [2.45, 2.75) is 6.29 Å². The highest BCUT2D eigenvalue weighted by molar-refractivity contribution is 9.10. The minimum Gasteiger partial charge on any atom is -0.365 e. The summed E-state index contributed by atoms with van der Waals surface area (Å²) >= 11 is 3.33. The van der Waals surface area contributed by atoms with Gasteiger partial charge in [0.1, 0.15) is 0 Å². The lowest BCUT2D eigenvalue weighted by Gasteiger charge is -1.97. The number of hydrogen-bond donors (Lipinski definition) is 2. The fraction of sp³-hybridized carbons (Fsp3) is 0.111. The van der Waals surface area contributed by atoms with Gasteiger partial charge in [-0.2, -0.15) is 0 Å². The number of rotatable bonds is 2. The van der Waals surface area contributed by atoms with Gasteiger partial charge in [0.2, 0.25) is 0 Å². The molecule has 0 radical (unpaired) electrons. The van der Waals surface area contributed by atoms with Gasteiger partial charge < -0.3 is 10.2 Å². The predicted octanol–water partition coefficient (Wildman–Crippen LogP) is 1.77. The lowest BCUT2D eigenvalue weighted by atomic mass is 10.2. The van der Waals surface area contributed by atoms with E-state index < -0.39 is 6.29 Å². The Balaban J connectivity index is 2.82. The smallest absolute Gasteiger partial charge is 0.171 e. The van der Waals surface area contributed by atoms with Crippen molar-refractivity contribution in [1.29, 1.82) is 0 Å². The first-order valence-electron chi connectivity index (χ1n) is 3.49. The van der Waals surface area contributed by atoms with Crippen LogP contribution in [0.25, 0.3) is 6.08 Å². The van der Waals surface area contributed by atoms with Crippen LogP contribution in [0.15, 0.2) is 34.8 Å². The molecule has 0 spiro atoms. The van der Waals surface area contributed by atoms with Crippen molar-refractivity contribution in [1.82, 2.24) is 0 Å². The average Bonchev–Trinajstić information content (AvgIpc) is 2.03. The zero-order valence-corrected chi connectivity index (χ0v) is 7.90. The lowest BCUT2D eigenvalue weighted by molar-refractivity contribution is 0.00304. The first-order chi connectivity index (χ1) is 5.70. The molecule has 1 aromatic carbocycles. The largest absolute Gasteiger partial charge is 0.365 e. The number of halogens is 1. The summed E-state index contributed by atoms with van der Waals surface area (Å²) in [5.74, 6) is 0. The Bertz CT molecular complexity index is 282. The third-order valence-corrected chi connectivity index (χ3v) is 2.08. The van der Waals surface area contributed by atoms with E-state index in [0.29, 0.717) is 0 Å². The third kappa shape index (κ3) is 2.77. The second kappa shape index (κ2) is 4.40. The summed E-state index contributed by atoms with van der Waals surface area (Å²) in [6.45, 7) is 0. The fourth-order valence-corrected chi connectivity index (χ4v) is 1.22. The summed E-state index contributed by atoms with van der Waals surface area (Å²) in [4.78, 5) is 0. The van der Waals surface area contributed by atoms with E-state index in [4.69, 9.17) is 10.2 Å². The van der Waals surface area contributed by atoms with Crippen LogP contribution in [-0.2, 0) is 0 Å². The van der Waals surface area contributed by atoms with Gasteiger partial charge >= 0.3 is 0 Å². The predicted molar refractivity (Wildman–Crippen MR) is 51.4 cm³/mol. The van der Waals surface area contributed by atoms with Crippen LogP contribution in [0.2, 0.25) is 0 Å². The van der Waals surface area contributed by atoms with E-state index in [9.17, 15) is 0 Å². The van der Waals surface area contributed by atoms with Crippen LogP contribution in [0, 0.1) is 0 Å². The molecule has 3 heteroatoms. The van der Waals surface area contributed by atoms with Crippen LogP contribution in [0.4, 0.5) is 0 Å². The topological polar surface area (TPSA) is 40.5 Å². The molecule has 0 amide bonds. The summed E-state index contributed by atoms with van der Waals surface area (Å²) in [5, 5.41) is 17.1. The van der Waals surface area contributed by atoms with Crippen LogP contribution in [-0.4, -0.2) is 16.5 Å². The molecule has 0 atom stereocenters. The molecule has 0 aromatic heterocycles. The molecule has 0 bridgehead atoms. The van der Waals surface area contributed by atoms with Gasteiger partial charge in [-0.05, 0) is 17.7 Å². The molecule has 1 aromatic rings. The Kier molecular flexibility index (Phi) is 3.47. The molecule has 0 unspecified atom stereocenters. The van der Waals surface area contributed by atoms with Crippen LogP contribution in [0.5, 0.6) is 0 Å². The van der Waals surface area contributed by atoms with E-state index >= 15 is 0 Å². The van der Waals surface area contributed by atoms with E-state index in [1.807, 2.05) is 24.3 Å². The highest BCUT2D eigenvalue weighted by Gasteiger charge is 1.93. The van der Waals surface area contributed by atoms with Gasteiger partial charge in [-0.1, -0.05) is 40.2 Å². The van der Waals surface area contributed by atoms with E-state index in [0.717, 1.165) is 10.0 Å². The quantitative estimate of drug-likeness (QED) is 0.758. The van der Waals surface area contributed by atoms with Crippen LogP contribution in [0.3, 0.4) is 0 Å². The maximum Gasteiger partial charge on any atom is 0.171 e. The van der Waals surface area contributed by atoms with E-state index in [1.165, 1.54) is 6.08 Å². The highest BCUT2D eigenvalue weighted by Crippen LogP contribution is 2.16. The monoisotopic (exact) mass is 228 g/mol. The van der Waals surface area contributed by atoms with E-state index in [2.05, 4.69) is 15.9 Å². The van der Waals surface area contributed by atoms with Crippen molar-refractivity contribution < 1.29 is 10.2 Å². The van der Waals surface area contributed by atoms with Gasteiger partial charge in [0.05, 0.1) is 0 Å². The van der Waals surface area contributed by atoms with Crippen LogP contribution in [0.1, 0.15) is 5.56 Å². The zero-order valence-electron chi connectivity index (χ0n) is 6.31. The SMILES string of the molecule is OC(O)C=Cc1ccccc1Br. The Morgan fingerprint density at radius 3 is 2.50 bits per heavy atom. The molecule has 2 N–H and O–H groups in total. The number of benzene rings is 1. The van der Waals surface area contributed by atoms with Crippen LogP contribution >= 0.6 is 15.9 Å².